The second-order valence-electron chi connectivity index (χ2n) is 5.51. The van der Waals surface area contributed by atoms with Crippen molar-refractivity contribution in [3.05, 3.63) is 47.4 Å². The fourth-order valence-corrected chi connectivity index (χ4v) is 3.71. The zero-order valence-electron chi connectivity index (χ0n) is 15.6. The highest BCUT2D eigenvalue weighted by Gasteiger charge is 2.21. The van der Waals surface area contributed by atoms with Crippen LogP contribution >= 0.6 is 19.9 Å². The monoisotopic (exact) mass is 397 g/mol. The predicted octanol–water partition coefficient (Wildman–Crippen LogP) is 4.57. The van der Waals surface area contributed by atoms with Crippen molar-refractivity contribution in [3.63, 3.8) is 0 Å². The van der Waals surface area contributed by atoms with Gasteiger partial charge in [-0.2, -0.15) is 0 Å². The Morgan fingerprint density at radius 2 is 2.12 bits per heavy atom. The van der Waals surface area contributed by atoms with Crippen molar-refractivity contribution >= 4 is 31.6 Å². The number of allylic oxidation sites excluding steroid dienone is 2. The number of carbonyl (C=O) groups excluding carboxylic acids is 1. The van der Waals surface area contributed by atoms with Gasteiger partial charge in [0.1, 0.15) is 0 Å². The summed E-state index contributed by atoms with van der Waals surface area (Å²) in [5.41, 5.74) is 8.05. The van der Waals surface area contributed by atoms with E-state index in [1.807, 2.05) is 24.3 Å². The maximum absolute atomic E-state index is 12.0. The molecule has 142 valence electrons. The van der Waals surface area contributed by atoms with E-state index >= 15 is 0 Å². The Morgan fingerprint density at radius 1 is 1.38 bits per heavy atom. The molecule has 1 atom stereocenters. The van der Waals surface area contributed by atoms with Gasteiger partial charge < -0.3 is 10.5 Å². The summed E-state index contributed by atoms with van der Waals surface area (Å²) in [5.74, 6) is 0.674. The smallest absolute Gasteiger partial charge is 0.466 e. The van der Waals surface area contributed by atoms with E-state index in [2.05, 4.69) is 16.7 Å². The number of ether oxygens (including phenoxy) is 1. The third-order valence-electron chi connectivity index (χ3n) is 3.32. The minimum atomic E-state index is -2.26. The number of unbranched alkanes of at least 4 members (excludes halogenated alkanes) is 1. The molecule has 0 saturated carbocycles. The summed E-state index contributed by atoms with van der Waals surface area (Å²) in [6.45, 7) is 5.41. The highest BCUT2D eigenvalue weighted by molar-refractivity contribution is 7.99. The maximum Gasteiger partial charge on any atom is 0.693 e. The second-order valence-corrected chi connectivity index (χ2v) is 7.60. The SMILES string of the molecule is CCCCSc1cccc(/C(N)=C(/C)N[P+](=O)O/C(C)=C/C(=O)OC)c1. The summed E-state index contributed by atoms with van der Waals surface area (Å²) in [7, 11) is -1.000. The van der Waals surface area contributed by atoms with Crippen molar-refractivity contribution in [2.45, 2.75) is 38.5 Å². The molecule has 0 amide bonds. The zero-order chi connectivity index (χ0) is 19.5. The molecule has 1 aromatic rings. The lowest BCUT2D eigenvalue weighted by atomic mass is 10.1. The van der Waals surface area contributed by atoms with E-state index in [9.17, 15) is 9.36 Å². The minimum absolute atomic E-state index is 0.186. The molecule has 0 bridgehead atoms. The Morgan fingerprint density at radius 3 is 2.77 bits per heavy atom. The first-order valence-electron chi connectivity index (χ1n) is 8.25. The number of carbonyl (C=O) groups is 1. The number of methoxy groups -OCH3 is 1. The number of nitrogens with one attached hydrogen (secondary N) is 1. The minimum Gasteiger partial charge on any atom is -0.466 e. The Hall–Kier alpha value is -1.98. The molecule has 0 aliphatic carbocycles. The van der Waals surface area contributed by atoms with Crippen molar-refractivity contribution in [2.24, 2.45) is 5.73 Å². The average molecular weight is 397 g/mol. The van der Waals surface area contributed by atoms with Gasteiger partial charge in [0.05, 0.1) is 24.6 Å². The van der Waals surface area contributed by atoms with E-state index in [1.54, 1.807) is 18.7 Å². The molecule has 0 aromatic heterocycles. The molecule has 0 spiro atoms. The summed E-state index contributed by atoms with van der Waals surface area (Å²) in [6.07, 6.45) is 3.44. The molecule has 1 rings (SSSR count). The van der Waals surface area contributed by atoms with Crippen molar-refractivity contribution in [1.29, 1.82) is 0 Å². The van der Waals surface area contributed by atoms with Gasteiger partial charge in [-0.1, -0.05) is 25.5 Å². The second kappa shape index (κ2) is 11.6. The van der Waals surface area contributed by atoms with E-state index < -0.39 is 14.1 Å². The predicted molar refractivity (Wildman–Crippen MR) is 106 cm³/mol. The topological polar surface area (TPSA) is 90.6 Å². The Balaban J connectivity index is 2.77. The number of hydrogen-bond acceptors (Lipinski definition) is 6. The van der Waals surface area contributed by atoms with Crippen LogP contribution in [0, 0.1) is 0 Å². The highest BCUT2D eigenvalue weighted by Crippen LogP contribution is 2.27. The van der Waals surface area contributed by atoms with Gasteiger partial charge in [-0.05, 0) is 38.2 Å². The molecule has 0 aliphatic rings. The number of hydrogen-bond donors (Lipinski definition) is 2. The largest absolute Gasteiger partial charge is 0.693 e. The molecule has 0 saturated heterocycles. The summed E-state index contributed by atoms with van der Waals surface area (Å²) >= 11 is 1.79. The van der Waals surface area contributed by atoms with Crippen LogP contribution in [-0.2, 0) is 18.6 Å². The molecule has 0 fully saturated rings. The van der Waals surface area contributed by atoms with Crippen molar-refractivity contribution < 1.29 is 18.6 Å². The maximum atomic E-state index is 12.0. The molecule has 0 aliphatic heterocycles. The first-order valence-corrected chi connectivity index (χ1v) is 10.4. The van der Waals surface area contributed by atoms with E-state index in [4.69, 9.17) is 10.3 Å². The van der Waals surface area contributed by atoms with Crippen molar-refractivity contribution in [2.75, 3.05) is 12.9 Å². The molecule has 3 N–H and O–H groups in total. The van der Waals surface area contributed by atoms with Crippen LogP contribution in [0.3, 0.4) is 0 Å². The van der Waals surface area contributed by atoms with Gasteiger partial charge in [0, 0.05) is 15.0 Å². The molecule has 0 radical (unpaired) electrons. The molecule has 1 unspecified atom stereocenters. The van der Waals surface area contributed by atoms with E-state index in [-0.39, 0.29) is 5.76 Å². The first-order chi connectivity index (χ1) is 12.4. The Labute approximate surface area is 160 Å². The fourth-order valence-electron chi connectivity index (χ4n) is 1.91. The third-order valence-corrected chi connectivity index (χ3v) is 5.38. The van der Waals surface area contributed by atoms with Crippen LogP contribution in [0.1, 0.15) is 39.2 Å². The van der Waals surface area contributed by atoms with Crippen LogP contribution in [0.5, 0.6) is 0 Å². The lowest BCUT2D eigenvalue weighted by Gasteiger charge is -2.07. The molecule has 0 heterocycles. The molecular formula is C18H26N2O4PS+. The van der Waals surface area contributed by atoms with Gasteiger partial charge in [0.2, 0.25) is 0 Å². The van der Waals surface area contributed by atoms with Gasteiger partial charge in [-0.15, -0.1) is 16.8 Å². The normalized spacial score (nSPS) is 12.9. The Bertz CT molecular complexity index is 704. The quantitative estimate of drug-likeness (QED) is 0.149. The summed E-state index contributed by atoms with van der Waals surface area (Å²) in [4.78, 5) is 12.3. The average Bonchev–Trinajstić information content (AvgIpc) is 2.61. The van der Waals surface area contributed by atoms with E-state index in [0.717, 1.165) is 35.1 Å². The van der Waals surface area contributed by atoms with Gasteiger partial charge in [-0.25, -0.2) is 9.32 Å². The third kappa shape index (κ3) is 7.93. The molecule has 6 nitrogen and oxygen atoms in total. The van der Waals surface area contributed by atoms with Crippen LogP contribution in [0.25, 0.3) is 5.70 Å². The lowest BCUT2D eigenvalue weighted by Crippen LogP contribution is -2.10. The highest BCUT2D eigenvalue weighted by atomic mass is 32.2. The van der Waals surface area contributed by atoms with Gasteiger partial charge >= 0.3 is 14.1 Å². The van der Waals surface area contributed by atoms with E-state index in [1.165, 1.54) is 14.0 Å². The summed E-state index contributed by atoms with van der Waals surface area (Å²) in [6, 6.07) is 7.91. The number of benzene rings is 1. The summed E-state index contributed by atoms with van der Waals surface area (Å²) in [5, 5.41) is 2.71. The molecular weight excluding hydrogens is 371 g/mol. The van der Waals surface area contributed by atoms with Gasteiger partial charge in [0.25, 0.3) is 0 Å². The van der Waals surface area contributed by atoms with Gasteiger partial charge in [0.15, 0.2) is 5.76 Å². The standard InChI is InChI=1S/C18H26N2O4PS/c1-5-6-10-26-16-9-7-8-15(12-16)18(19)14(3)20-25(22)24-13(2)11-17(21)23-4/h7-9,11-12H,5-6,10,19H2,1-4H3,(H,20,22)/q+1/b13-11+,18-14+. The lowest BCUT2D eigenvalue weighted by molar-refractivity contribution is -0.135. The van der Waals surface area contributed by atoms with Crippen LogP contribution in [0.15, 0.2) is 46.7 Å². The molecule has 26 heavy (non-hydrogen) atoms. The zero-order valence-corrected chi connectivity index (χ0v) is 17.3. The van der Waals surface area contributed by atoms with Crippen molar-refractivity contribution in [1.82, 2.24) is 5.09 Å². The van der Waals surface area contributed by atoms with Crippen molar-refractivity contribution in [3.8, 4) is 0 Å². The van der Waals surface area contributed by atoms with Crippen LogP contribution in [-0.4, -0.2) is 18.8 Å². The van der Waals surface area contributed by atoms with Crippen LogP contribution in [0.2, 0.25) is 0 Å². The summed E-state index contributed by atoms with van der Waals surface area (Å²) < 4.78 is 21.7. The molecule has 1 aromatic carbocycles. The first kappa shape index (κ1) is 22.1. The number of rotatable bonds is 10. The fraction of sp³-hybridized carbons (Fsp3) is 0.389. The number of esters is 1. The van der Waals surface area contributed by atoms with Gasteiger partial charge in [-0.3, -0.25) is 0 Å². The Kier molecular flexibility index (Phi) is 9.84. The van der Waals surface area contributed by atoms with Crippen LogP contribution < -0.4 is 10.8 Å². The number of thioether (sulfide) groups is 1. The van der Waals surface area contributed by atoms with Crippen LogP contribution in [0.4, 0.5) is 0 Å². The van der Waals surface area contributed by atoms with E-state index in [0.29, 0.717) is 11.4 Å². The molecule has 8 heteroatoms. The number of nitrogens with two attached hydrogens (primary N) is 1.